The van der Waals surface area contributed by atoms with Crippen LogP contribution in [0.15, 0.2) is 0 Å². The topological polar surface area (TPSA) is 0 Å². The summed E-state index contributed by atoms with van der Waals surface area (Å²) in [6, 6.07) is 0. The van der Waals surface area contributed by atoms with Crippen LogP contribution in [0.4, 0.5) is 0 Å². The third-order valence-corrected chi connectivity index (χ3v) is 0. The van der Waals surface area contributed by atoms with E-state index in [0.29, 0.717) is 0 Å². The van der Waals surface area contributed by atoms with Crippen LogP contribution in [-0.2, 0) is 28.3 Å². The SMILES string of the molecule is [Fe].[S]=[Ni]=[S]. The van der Waals surface area contributed by atoms with Crippen LogP contribution in [0.2, 0.25) is 0 Å². The van der Waals surface area contributed by atoms with Gasteiger partial charge >= 0.3 is 32.6 Å². The molecule has 0 N–H and O–H groups in total. The second-order valence-corrected chi connectivity index (χ2v) is 1.96. The molecule has 0 aliphatic carbocycles. The van der Waals surface area contributed by atoms with Crippen LogP contribution in [-0.4, -0.2) is 0 Å². The molecule has 0 saturated carbocycles. The first-order valence-electron chi connectivity index (χ1n) is 0.258. The van der Waals surface area contributed by atoms with Gasteiger partial charge in [0.1, 0.15) is 0 Å². The molecule has 0 aromatic heterocycles. The molecule has 30 valence electrons. The Bertz CT molecular complexity index is 27.0. The molecule has 0 nitrogen and oxygen atoms in total. The molecule has 0 aliphatic heterocycles. The molecule has 0 spiro atoms. The summed E-state index contributed by atoms with van der Waals surface area (Å²) in [4.78, 5) is 0. The average Bonchev–Trinajstić information content (AvgIpc) is 0.918. The van der Waals surface area contributed by atoms with E-state index in [9.17, 15) is 0 Å². The van der Waals surface area contributed by atoms with Crippen molar-refractivity contribution in [3.8, 4) is 0 Å². The van der Waals surface area contributed by atoms with E-state index in [1.54, 1.807) is 0 Å². The monoisotopic (exact) mass is 178 g/mol. The average molecular weight is 179 g/mol. The molecule has 0 aromatic rings. The Morgan fingerprint density at radius 2 is 1.25 bits per heavy atom. The fraction of sp³-hybridized carbons (Fsp3) is 0. The van der Waals surface area contributed by atoms with Gasteiger partial charge in [0.15, 0.2) is 0 Å². The van der Waals surface area contributed by atoms with Crippen molar-refractivity contribution in [3.63, 3.8) is 0 Å². The van der Waals surface area contributed by atoms with Gasteiger partial charge in [0.05, 0.1) is 0 Å². The minimum atomic E-state index is 0. The predicted octanol–water partition coefficient (Wildman–Crippen LogP) is 1.29. The molecular weight excluding hydrogens is 179 g/mol. The van der Waals surface area contributed by atoms with E-state index < -0.39 is 0 Å². The van der Waals surface area contributed by atoms with E-state index in [-0.39, 0.29) is 17.1 Å². The molecule has 4 heavy (non-hydrogen) atoms. The molecule has 0 aromatic carbocycles. The molecule has 0 fully saturated rings. The molecule has 0 atom stereocenters. The van der Waals surface area contributed by atoms with Crippen molar-refractivity contribution < 1.29 is 28.3 Å². The van der Waals surface area contributed by atoms with Crippen molar-refractivity contribution >= 4 is 21.3 Å². The zero-order valence-corrected chi connectivity index (χ0v) is 5.21. The van der Waals surface area contributed by atoms with Gasteiger partial charge in [0.25, 0.3) is 0 Å². The summed E-state index contributed by atoms with van der Waals surface area (Å²) in [6.07, 6.45) is 0. The second-order valence-electron chi connectivity index (χ2n) is 0.0527. The van der Waals surface area contributed by atoms with Gasteiger partial charge < -0.3 is 0 Å². The molecule has 0 rings (SSSR count). The molecule has 0 bridgehead atoms. The van der Waals surface area contributed by atoms with Crippen LogP contribution in [0.1, 0.15) is 0 Å². The van der Waals surface area contributed by atoms with E-state index in [2.05, 4.69) is 21.3 Å². The summed E-state index contributed by atoms with van der Waals surface area (Å²) in [5.74, 6) is 0. The van der Waals surface area contributed by atoms with Gasteiger partial charge in [-0.15, -0.1) is 0 Å². The number of rotatable bonds is 0. The molecule has 0 aliphatic rings. The van der Waals surface area contributed by atoms with Gasteiger partial charge in [-0.2, -0.15) is 0 Å². The first kappa shape index (κ1) is 9.07. The number of hydrogen-bond donors (Lipinski definition) is 0. The molecule has 0 radical (unpaired) electrons. The van der Waals surface area contributed by atoms with Crippen LogP contribution in [0.5, 0.6) is 0 Å². The van der Waals surface area contributed by atoms with E-state index in [0.717, 1.165) is 11.2 Å². The van der Waals surface area contributed by atoms with Gasteiger partial charge in [-0.05, 0) is 0 Å². The van der Waals surface area contributed by atoms with Crippen molar-refractivity contribution in [2.24, 2.45) is 0 Å². The summed E-state index contributed by atoms with van der Waals surface area (Å²) in [5, 5.41) is 0. The molecular formula is FeNiS2. The maximum absolute atomic E-state index is 4.15. The van der Waals surface area contributed by atoms with Crippen molar-refractivity contribution in [3.05, 3.63) is 0 Å². The number of hydrogen-bond acceptors (Lipinski definition) is 2. The fourth-order valence-electron chi connectivity index (χ4n) is 0. The van der Waals surface area contributed by atoms with Gasteiger partial charge in [0.2, 0.25) is 0 Å². The summed E-state index contributed by atoms with van der Waals surface area (Å²) < 4.78 is 0. The maximum atomic E-state index is 4.15. The first-order chi connectivity index (χ1) is 1.41. The molecule has 0 unspecified atom stereocenters. The third kappa shape index (κ3) is 9.84. The van der Waals surface area contributed by atoms with Crippen molar-refractivity contribution in [1.82, 2.24) is 0 Å². The summed E-state index contributed by atoms with van der Waals surface area (Å²) >= 11 is 0.792. The third-order valence-electron chi connectivity index (χ3n) is 0. The second kappa shape index (κ2) is 8.82. The van der Waals surface area contributed by atoms with E-state index in [1.165, 1.54) is 0 Å². The van der Waals surface area contributed by atoms with Crippen LogP contribution < -0.4 is 0 Å². The quantitative estimate of drug-likeness (QED) is 0.513. The zero-order valence-electron chi connectivity index (χ0n) is 1.49. The van der Waals surface area contributed by atoms with Gasteiger partial charge in [-0.1, -0.05) is 0 Å². The Hall–Kier alpha value is 1.45. The Labute approximate surface area is 49.5 Å². The zero-order chi connectivity index (χ0) is 2.71. The van der Waals surface area contributed by atoms with E-state index in [4.69, 9.17) is 0 Å². The van der Waals surface area contributed by atoms with Crippen LogP contribution in [0, 0.1) is 0 Å². The van der Waals surface area contributed by atoms with Crippen molar-refractivity contribution in [1.29, 1.82) is 0 Å². The van der Waals surface area contributed by atoms with Crippen LogP contribution in [0.25, 0.3) is 0 Å². The minimum absolute atomic E-state index is 0. The molecule has 4 heteroatoms. The Kier molecular flexibility index (Phi) is 20.0. The molecule has 0 amide bonds. The molecule has 0 heterocycles. The summed E-state index contributed by atoms with van der Waals surface area (Å²) in [6.45, 7) is 0. The van der Waals surface area contributed by atoms with Crippen LogP contribution in [0.3, 0.4) is 0 Å². The van der Waals surface area contributed by atoms with Gasteiger partial charge in [-0.25, -0.2) is 0 Å². The fourth-order valence-corrected chi connectivity index (χ4v) is 0. The van der Waals surface area contributed by atoms with Crippen molar-refractivity contribution in [2.45, 2.75) is 0 Å². The van der Waals surface area contributed by atoms with E-state index in [1.807, 2.05) is 0 Å². The standard InChI is InChI=1S/Fe.Ni.2S. The van der Waals surface area contributed by atoms with Crippen LogP contribution >= 0.6 is 21.3 Å². The summed E-state index contributed by atoms with van der Waals surface area (Å²) in [7, 11) is 8.29. The Morgan fingerprint density at radius 3 is 1.25 bits per heavy atom. The first-order valence-corrected chi connectivity index (χ1v) is 3.19. The van der Waals surface area contributed by atoms with E-state index >= 15 is 0 Å². The van der Waals surface area contributed by atoms with Gasteiger partial charge in [-0.3, -0.25) is 0 Å². The molecule has 0 saturated heterocycles. The Morgan fingerprint density at radius 1 is 1.25 bits per heavy atom. The normalized spacial score (nSPS) is 5.00. The summed E-state index contributed by atoms with van der Waals surface area (Å²) in [5.41, 5.74) is 0. The van der Waals surface area contributed by atoms with Gasteiger partial charge in [0, 0.05) is 17.1 Å². The predicted molar refractivity (Wildman–Crippen MR) is 15.2 cm³/mol. The Balaban J connectivity index is 0. The van der Waals surface area contributed by atoms with Crippen molar-refractivity contribution in [2.75, 3.05) is 0 Å².